The minimum atomic E-state index is -0.696. The number of para-hydroxylation sites is 1. The first kappa shape index (κ1) is 20.2. The molecule has 2 aliphatic rings. The van der Waals surface area contributed by atoms with Crippen molar-refractivity contribution in [2.24, 2.45) is 22.7 Å². The number of hydrogen-bond acceptors (Lipinski definition) is 3. The molecule has 0 aliphatic heterocycles. The van der Waals surface area contributed by atoms with E-state index in [0.717, 1.165) is 24.9 Å². The number of hydrogen-bond donors (Lipinski definition) is 2. The van der Waals surface area contributed by atoms with Crippen molar-refractivity contribution >= 4 is 11.8 Å². The fourth-order valence-corrected chi connectivity index (χ4v) is 6.21. The van der Waals surface area contributed by atoms with Crippen LogP contribution in [0.15, 0.2) is 30.3 Å². The lowest BCUT2D eigenvalue weighted by atomic mass is 9.45. The lowest BCUT2D eigenvalue weighted by Crippen LogP contribution is -2.57. The van der Waals surface area contributed by atoms with Crippen LogP contribution in [0.4, 0.5) is 10.5 Å². The highest BCUT2D eigenvalue weighted by Crippen LogP contribution is 2.62. The molecule has 1 aromatic carbocycles. The van der Waals surface area contributed by atoms with Crippen molar-refractivity contribution in [1.82, 2.24) is 0 Å². The van der Waals surface area contributed by atoms with Crippen LogP contribution >= 0.6 is 0 Å². The van der Waals surface area contributed by atoms with Gasteiger partial charge in [0.05, 0.1) is 12.2 Å². The first-order valence-corrected chi connectivity index (χ1v) is 10.4. The molecule has 2 fully saturated rings. The summed E-state index contributed by atoms with van der Waals surface area (Å²) in [7, 11) is 0. The number of benzene rings is 1. The van der Waals surface area contributed by atoms with Gasteiger partial charge in [0, 0.05) is 5.69 Å². The van der Waals surface area contributed by atoms with E-state index in [-0.39, 0.29) is 11.3 Å². The molecule has 0 aromatic heterocycles. The number of fused-ring (bicyclic) bond motifs is 1. The van der Waals surface area contributed by atoms with Crippen molar-refractivity contribution < 1.29 is 14.6 Å². The van der Waals surface area contributed by atoms with Gasteiger partial charge in [-0.2, -0.15) is 0 Å². The number of carbonyl (C=O) groups is 1. The van der Waals surface area contributed by atoms with Crippen LogP contribution < -0.4 is 5.32 Å². The maximum absolute atomic E-state index is 12.1. The largest absolute Gasteiger partial charge is 0.449 e. The van der Waals surface area contributed by atoms with Crippen LogP contribution in [-0.4, -0.2) is 23.4 Å². The van der Waals surface area contributed by atoms with Gasteiger partial charge in [0.2, 0.25) is 0 Å². The highest BCUT2D eigenvalue weighted by Gasteiger charge is 2.57. The zero-order valence-electron chi connectivity index (χ0n) is 17.3. The van der Waals surface area contributed by atoms with E-state index in [9.17, 15) is 9.90 Å². The van der Waals surface area contributed by atoms with Crippen molar-refractivity contribution in [2.75, 3.05) is 11.9 Å². The Balaban J connectivity index is 1.64. The molecule has 0 radical (unpaired) electrons. The molecule has 0 unspecified atom stereocenters. The molecule has 0 bridgehead atoms. The molecule has 27 heavy (non-hydrogen) atoms. The molecular weight excluding hydrogens is 338 g/mol. The minimum absolute atomic E-state index is 0.1000. The van der Waals surface area contributed by atoms with Crippen molar-refractivity contribution in [3.8, 4) is 0 Å². The van der Waals surface area contributed by atoms with Crippen LogP contribution in [0, 0.1) is 22.7 Å². The molecule has 2 N–H and O–H groups in total. The predicted molar refractivity (Wildman–Crippen MR) is 109 cm³/mol. The fraction of sp³-hybridized carbons (Fsp3) is 0.696. The molecule has 2 saturated carbocycles. The van der Waals surface area contributed by atoms with E-state index in [2.05, 4.69) is 26.1 Å². The van der Waals surface area contributed by atoms with E-state index >= 15 is 0 Å². The second-order valence-corrected chi connectivity index (χ2v) is 9.76. The topological polar surface area (TPSA) is 58.6 Å². The van der Waals surface area contributed by atoms with Gasteiger partial charge in [-0.1, -0.05) is 45.4 Å². The second kappa shape index (κ2) is 7.46. The van der Waals surface area contributed by atoms with E-state index in [1.165, 1.54) is 12.8 Å². The molecule has 0 spiro atoms. The Labute approximate surface area is 163 Å². The first-order valence-electron chi connectivity index (χ1n) is 10.4. The second-order valence-electron chi connectivity index (χ2n) is 9.76. The zero-order valence-corrected chi connectivity index (χ0v) is 17.3. The average molecular weight is 374 g/mol. The summed E-state index contributed by atoms with van der Waals surface area (Å²) in [6.45, 7) is 9.44. The fourth-order valence-electron chi connectivity index (χ4n) is 6.21. The Morgan fingerprint density at radius 2 is 1.85 bits per heavy atom. The highest BCUT2D eigenvalue weighted by atomic mass is 16.5. The third-order valence-corrected chi connectivity index (χ3v) is 7.42. The number of nitrogens with one attached hydrogen (secondary N) is 1. The van der Waals surface area contributed by atoms with E-state index in [4.69, 9.17) is 4.74 Å². The summed E-state index contributed by atoms with van der Waals surface area (Å²) in [5.41, 5.74) is 0.446. The Morgan fingerprint density at radius 3 is 2.56 bits per heavy atom. The first-order chi connectivity index (χ1) is 12.7. The minimum Gasteiger partial charge on any atom is -0.449 e. The van der Waals surface area contributed by atoms with E-state index in [0.29, 0.717) is 24.4 Å². The Kier molecular flexibility index (Phi) is 5.58. The summed E-state index contributed by atoms with van der Waals surface area (Å²) in [4.78, 5) is 12.1. The standard InChI is InChI=1S/C23H35NO3/c1-21(2)13-8-14-22(3)18(21)11-15-23(4,26)19(22)12-16-27-20(25)24-17-9-6-5-7-10-17/h5-7,9-10,18-19,26H,8,11-16H2,1-4H3,(H,24,25)/t18-,19+,22+,23+/m0/s1. The molecule has 3 rings (SSSR count). The molecule has 150 valence electrons. The van der Waals surface area contributed by atoms with Crippen LogP contribution in [0.1, 0.15) is 66.2 Å². The molecule has 1 aromatic rings. The molecule has 2 aliphatic carbocycles. The average Bonchev–Trinajstić information content (AvgIpc) is 2.57. The third kappa shape index (κ3) is 4.16. The number of ether oxygens (including phenoxy) is 1. The van der Waals surface area contributed by atoms with Gasteiger partial charge in [-0.05, 0) is 73.8 Å². The normalized spacial score (nSPS) is 35.1. The van der Waals surface area contributed by atoms with Gasteiger partial charge in [0.15, 0.2) is 0 Å². The molecule has 1 amide bonds. The molecular formula is C23H35NO3. The van der Waals surface area contributed by atoms with Crippen molar-refractivity contribution in [3.05, 3.63) is 30.3 Å². The highest BCUT2D eigenvalue weighted by molar-refractivity contribution is 5.84. The van der Waals surface area contributed by atoms with Crippen LogP contribution in [-0.2, 0) is 4.74 Å². The lowest BCUT2D eigenvalue weighted by molar-refractivity contribution is -0.171. The molecule has 0 saturated heterocycles. The Hall–Kier alpha value is -1.55. The van der Waals surface area contributed by atoms with Gasteiger partial charge in [-0.25, -0.2) is 4.79 Å². The quantitative estimate of drug-likeness (QED) is 0.720. The monoisotopic (exact) mass is 373 g/mol. The van der Waals surface area contributed by atoms with Crippen LogP contribution in [0.25, 0.3) is 0 Å². The van der Waals surface area contributed by atoms with Gasteiger partial charge in [-0.15, -0.1) is 0 Å². The summed E-state index contributed by atoms with van der Waals surface area (Å²) in [5.74, 6) is 0.759. The van der Waals surface area contributed by atoms with E-state index in [1.807, 2.05) is 37.3 Å². The summed E-state index contributed by atoms with van der Waals surface area (Å²) < 4.78 is 5.46. The summed E-state index contributed by atoms with van der Waals surface area (Å²) in [6, 6.07) is 9.33. The van der Waals surface area contributed by atoms with Crippen molar-refractivity contribution in [1.29, 1.82) is 0 Å². The van der Waals surface area contributed by atoms with Gasteiger partial charge in [0.1, 0.15) is 0 Å². The Morgan fingerprint density at radius 1 is 1.15 bits per heavy atom. The predicted octanol–water partition coefficient (Wildman–Crippen LogP) is 5.62. The number of carbonyl (C=O) groups excluding carboxylic acids is 1. The van der Waals surface area contributed by atoms with Crippen molar-refractivity contribution in [2.45, 2.75) is 71.8 Å². The SMILES string of the molecule is CC1(C)CCC[C@@]2(C)[C@@H](CCOC(=O)Nc3ccccc3)[C@](C)(O)CC[C@@H]12. The lowest BCUT2D eigenvalue weighted by Gasteiger charge is -2.61. The van der Waals surface area contributed by atoms with Crippen LogP contribution in [0.2, 0.25) is 0 Å². The summed E-state index contributed by atoms with van der Waals surface area (Å²) >= 11 is 0. The van der Waals surface area contributed by atoms with Gasteiger partial charge < -0.3 is 9.84 Å². The van der Waals surface area contributed by atoms with Gasteiger partial charge in [-0.3, -0.25) is 5.32 Å². The summed E-state index contributed by atoms with van der Waals surface area (Å²) in [5, 5.41) is 13.9. The third-order valence-electron chi connectivity index (χ3n) is 7.42. The Bertz CT molecular complexity index is 655. The molecule has 4 heteroatoms. The van der Waals surface area contributed by atoms with Crippen molar-refractivity contribution in [3.63, 3.8) is 0 Å². The molecule has 4 atom stereocenters. The number of amides is 1. The summed E-state index contributed by atoms with van der Waals surface area (Å²) in [6.07, 6.45) is 5.82. The van der Waals surface area contributed by atoms with Crippen LogP contribution in [0.5, 0.6) is 0 Å². The van der Waals surface area contributed by atoms with Gasteiger partial charge in [0.25, 0.3) is 0 Å². The molecule has 4 nitrogen and oxygen atoms in total. The maximum atomic E-state index is 12.1. The number of aliphatic hydroxyl groups is 1. The number of rotatable bonds is 4. The zero-order chi connectivity index (χ0) is 19.7. The van der Waals surface area contributed by atoms with Crippen LogP contribution in [0.3, 0.4) is 0 Å². The maximum Gasteiger partial charge on any atom is 0.411 e. The number of anilines is 1. The van der Waals surface area contributed by atoms with Gasteiger partial charge >= 0.3 is 6.09 Å². The van der Waals surface area contributed by atoms with E-state index in [1.54, 1.807) is 0 Å². The smallest absolute Gasteiger partial charge is 0.411 e. The molecule has 0 heterocycles. The van der Waals surface area contributed by atoms with E-state index < -0.39 is 11.7 Å².